The highest BCUT2D eigenvalue weighted by atomic mass is 32.2. The lowest BCUT2D eigenvalue weighted by molar-refractivity contribution is 0.741. The fourth-order valence-corrected chi connectivity index (χ4v) is 3.01. The number of nitrogens with two attached hydrogens (primary N) is 1. The first-order valence-electron chi connectivity index (χ1n) is 6.71. The Labute approximate surface area is 128 Å². The lowest BCUT2D eigenvalue weighted by Gasteiger charge is -2.13. The Morgan fingerprint density at radius 2 is 2.14 bits per heavy atom. The molecule has 0 unspecified atom stereocenters. The van der Waals surface area contributed by atoms with Gasteiger partial charge in [0.1, 0.15) is 10.7 Å². The van der Waals surface area contributed by atoms with Gasteiger partial charge in [-0.3, -0.25) is 4.99 Å². The summed E-state index contributed by atoms with van der Waals surface area (Å²) < 4.78 is 0.141. The highest BCUT2D eigenvalue weighted by Crippen LogP contribution is 2.34. The molecule has 108 valence electrons. The van der Waals surface area contributed by atoms with Crippen LogP contribution in [0.5, 0.6) is 0 Å². The highest BCUT2D eigenvalue weighted by Gasteiger charge is 2.28. The predicted octanol–water partition coefficient (Wildman–Crippen LogP) is 3.07. The molecule has 21 heavy (non-hydrogen) atoms. The number of nitrogens with one attached hydrogen (secondary N) is 1. The van der Waals surface area contributed by atoms with Crippen LogP contribution < -0.4 is 11.1 Å². The third-order valence-electron chi connectivity index (χ3n) is 2.99. The molecule has 0 atom stereocenters. The van der Waals surface area contributed by atoms with Gasteiger partial charge in [-0.25, -0.2) is 9.97 Å². The maximum atomic E-state index is 5.77. The number of rotatable bonds is 3. The van der Waals surface area contributed by atoms with Crippen LogP contribution in [-0.2, 0) is 0 Å². The summed E-state index contributed by atoms with van der Waals surface area (Å²) in [4.78, 5) is 13.3. The first kappa shape index (κ1) is 13.9. The molecule has 2 heterocycles. The Bertz CT molecular complexity index is 696. The molecule has 0 radical (unpaired) electrons. The van der Waals surface area contributed by atoms with Gasteiger partial charge >= 0.3 is 0 Å². The Hall–Kier alpha value is -2.08. The molecule has 3 rings (SSSR count). The van der Waals surface area contributed by atoms with Gasteiger partial charge in [0.2, 0.25) is 5.95 Å². The number of aromatic nitrogens is 2. The number of benzene rings is 1. The van der Waals surface area contributed by atoms with Gasteiger partial charge in [-0.1, -0.05) is 17.8 Å². The van der Waals surface area contributed by atoms with E-state index in [1.165, 1.54) is 0 Å². The summed E-state index contributed by atoms with van der Waals surface area (Å²) >= 11 is 1.75. The molecule has 0 aliphatic carbocycles. The summed E-state index contributed by atoms with van der Waals surface area (Å²) in [5.41, 5.74) is 8.19. The molecule has 0 spiro atoms. The number of hydrogen-bond acceptors (Lipinski definition) is 6. The van der Waals surface area contributed by atoms with Crippen molar-refractivity contribution in [3.05, 3.63) is 42.2 Å². The topological polar surface area (TPSA) is 76.2 Å². The van der Waals surface area contributed by atoms with E-state index in [9.17, 15) is 0 Å². The first-order chi connectivity index (χ1) is 10.0. The molecule has 0 saturated heterocycles. The molecule has 6 heteroatoms. The van der Waals surface area contributed by atoms with Crippen molar-refractivity contribution in [2.75, 3.05) is 17.6 Å². The van der Waals surface area contributed by atoms with Gasteiger partial charge in [0.15, 0.2) is 0 Å². The molecule has 1 aromatic heterocycles. The van der Waals surface area contributed by atoms with E-state index in [4.69, 9.17) is 5.73 Å². The highest BCUT2D eigenvalue weighted by molar-refractivity contribution is 8.15. The van der Waals surface area contributed by atoms with Crippen molar-refractivity contribution in [2.24, 2.45) is 4.99 Å². The van der Waals surface area contributed by atoms with Crippen molar-refractivity contribution in [3.63, 3.8) is 0 Å². The third-order valence-corrected chi connectivity index (χ3v) is 4.21. The second-order valence-electron chi connectivity index (χ2n) is 5.50. The maximum absolute atomic E-state index is 5.77. The molecule has 1 aliphatic rings. The monoisotopic (exact) mass is 299 g/mol. The van der Waals surface area contributed by atoms with Crippen LogP contribution in [-0.4, -0.2) is 26.3 Å². The molecule has 0 saturated carbocycles. The molecule has 2 aromatic rings. The predicted molar refractivity (Wildman–Crippen MR) is 89.2 cm³/mol. The lowest BCUT2D eigenvalue weighted by atomic mass is 10.2. The van der Waals surface area contributed by atoms with Crippen LogP contribution >= 0.6 is 11.8 Å². The second kappa shape index (κ2) is 5.37. The van der Waals surface area contributed by atoms with Gasteiger partial charge in [0.05, 0.1) is 6.54 Å². The zero-order valence-electron chi connectivity index (χ0n) is 12.0. The summed E-state index contributed by atoms with van der Waals surface area (Å²) in [6.45, 7) is 5.18. The van der Waals surface area contributed by atoms with Crippen molar-refractivity contribution in [3.8, 4) is 0 Å². The van der Waals surface area contributed by atoms with Gasteiger partial charge in [0.25, 0.3) is 0 Å². The molecule has 5 nitrogen and oxygen atoms in total. The SMILES string of the molecule is CC1(C)CN=C(c2ccnc(Nc3cccc(N)c3)n2)S1. The van der Waals surface area contributed by atoms with Gasteiger partial charge in [-0.15, -0.1) is 0 Å². The Morgan fingerprint density at radius 3 is 2.86 bits per heavy atom. The van der Waals surface area contributed by atoms with E-state index in [0.717, 1.165) is 23.0 Å². The van der Waals surface area contributed by atoms with Crippen LogP contribution in [0, 0.1) is 0 Å². The van der Waals surface area contributed by atoms with E-state index in [0.29, 0.717) is 11.6 Å². The van der Waals surface area contributed by atoms with Crippen molar-refractivity contribution in [1.82, 2.24) is 9.97 Å². The van der Waals surface area contributed by atoms with Crippen LogP contribution in [0.2, 0.25) is 0 Å². The van der Waals surface area contributed by atoms with Crippen LogP contribution in [0.3, 0.4) is 0 Å². The molecular formula is C15H17N5S. The summed E-state index contributed by atoms with van der Waals surface area (Å²) in [7, 11) is 0. The smallest absolute Gasteiger partial charge is 0.227 e. The number of anilines is 3. The minimum absolute atomic E-state index is 0.141. The van der Waals surface area contributed by atoms with Crippen molar-refractivity contribution < 1.29 is 0 Å². The van der Waals surface area contributed by atoms with Crippen molar-refractivity contribution in [2.45, 2.75) is 18.6 Å². The van der Waals surface area contributed by atoms with Crippen molar-refractivity contribution >= 4 is 34.1 Å². The van der Waals surface area contributed by atoms with Gasteiger partial charge in [-0.2, -0.15) is 0 Å². The number of aliphatic imine (C=N–C) groups is 1. The average molecular weight is 299 g/mol. The normalized spacial score (nSPS) is 16.6. The zero-order chi connectivity index (χ0) is 14.9. The Morgan fingerprint density at radius 1 is 1.29 bits per heavy atom. The van der Waals surface area contributed by atoms with Crippen LogP contribution in [0.1, 0.15) is 19.5 Å². The summed E-state index contributed by atoms with van der Waals surface area (Å²) in [5, 5.41) is 4.13. The number of nitrogens with zero attached hydrogens (tertiary/aromatic N) is 3. The van der Waals surface area contributed by atoms with Crippen LogP contribution in [0.25, 0.3) is 0 Å². The maximum Gasteiger partial charge on any atom is 0.227 e. The van der Waals surface area contributed by atoms with Gasteiger partial charge < -0.3 is 11.1 Å². The van der Waals surface area contributed by atoms with E-state index in [1.54, 1.807) is 18.0 Å². The molecule has 1 aliphatic heterocycles. The fourth-order valence-electron chi connectivity index (χ4n) is 2.01. The molecule has 3 N–H and O–H groups in total. The minimum Gasteiger partial charge on any atom is -0.399 e. The molecule has 0 bridgehead atoms. The number of thioether (sulfide) groups is 1. The summed E-state index contributed by atoms with van der Waals surface area (Å²) in [6.07, 6.45) is 1.74. The van der Waals surface area contributed by atoms with E-state index < -0.39 is 0 Å². The fraction of sp³-hybridized carbons (Fsp3) is 0.267. The van der Waals surface area contributed by atoms with Crippen LogP contribution in [0.15, 0.2) is 41.5 Å². The van der Waals surface area contributed by atoms with E-state index in [-0.39, 0.29) is 4.75 Å². The van der Waals surface area contributed by atoms with Crippen LogP contribution in [0.4, 0.5) is 17.3 Å². The third kappa shape index (κ3) is 3.33. The quantitative estimate of drug-likeness (QED) is 0.852. The average Bonchev–Trinajstić information content (AvgIpc) is 2.80. The zero-order valence-corrected chi connectivity index (χ0v) is 12.8. The summed E-state index contributed by atoms with van der Waals surface area (Å²) in [5.74, 6) is 0.547. The van der Waals surface area contributed by atoms with E-state index in [1.807, 2.05) is 30.3 Å². The first-order valence-corrected chi connectivity index (χ1v) is 7.53. The largest absolute Gasteiger partial charge is 0.399 e. The molecule has 1 aromatic carbocycles. The minimum atomic E-state index is 0.141. The van der Waals surface area contributed by atoms with Gasteiger partial charge in [0, 0.05) is 22.3 Å². The summed E-state index contributed by atoms with van der Waals surface area (Å²) in [6, 6.07) is 9.39. The number of nitrogen functional groups attached to an aromatic ring is 1. The van der Waals surface area contributed by atoms with E-state index in [2.05, 4.69) is 34.1 Å². The molecule has 0 amide bonds. The molecule has 0 fully saturated rings. The van der Waals surface area contributed by atoms with Gasteiger partial charge in [-0.05, 0) is 38.1 Å². The second-order valence-corrected chi connectivity index (χ2v) is 7.20. The molecular weight excluding hydrogens is 282 g/mol. The van der Waals surface area contributed by atoms with Crippen molar-refractivity contribution in [1.29, 1.82) is 0 Å². The Balaban J connectivity index is 1.81. The lowest BCUT2D eigenvalue weighted by Crippen LogP contribution is -2.14. The Kier molecular flexibility index (Phi) is 3.55. The standard InChI is InChI=1S/C15H17N5S/c1-15(2)9-18-13(21-15)12-6-7-17-14(20-12)19-11-5-3-4-10(16)8-11/h3-8H,9,16H2,1-2H3,(H,17,19,20). The van der Waals surface area contributed by atoms with E-state index >= 15 is 0 Å². The number of hydrogen-bond donors (Lipinski definition) is 2.